The van der Waals surface area contributed by atoms with E-state index in [1.54, 1.807) is 6.92 Å². The molecule has 9 heteroatoms. The van der Waals surface area contributed by atoms with E-state index >= 15 is 0 Å². The van der Waals surface area contributed by atoms with Crippen molar-refractivity contribution in [2.24, 2.45) is 0 Å². The molecule has 2 aromatic carbocycles. The third-order valence-corrected chi connectivity index (χ3v) is 5.70. The van der Waals surface area contributed by atoms with Crippen LogP contribution in [0.2, 0.25) is 0 Å². The predicted molar refractivity (Wildman–Crippen MR) is 111 cm³/mol. The number of nitrogens with zero attached hydrogens (tertiary/aromatic N) is 1. The molecule has 0 saturated heterocycles. The molecule has 0 atom stereocenters. The minimum Gasteiger partial charge on any atom is -0.267 e. The number of nitrogens with one attached hydrogen (secondary N) is 3. The topological polar surface area (TPSA) is 117 Å². The fourth-order valence-electron chi connectivity index (χ4n) is 2.63. The first kappa shape index (κ1) is 21.2. The number of hydrogen-bond acceptors (Lipinski definition) is 5. The Balaban J connectivity index is 1.70. The molecular weight excluding hydrogens is 404 g/mol. The van der Waals surface area contributed by atoms with Crippen molar-refractivity contribution in [3.8, 4) is 0 Å². The fourth-order valence-corrected chi connectivity index (χ4v) is 3.67. The smallest absolute Gasteiger partial charge is 0.267 e. The van der Waals surface area contributed by atoms with Gasteiger partial charge in [-0.1, -0.05) is 36.4 Å². The highest BCUT2D eigenvalue weighted by Gasteiger charge is 2.18. The lowest BCUT2D eigenvalue weighted by atomic mass is 10.1. The van der Waals surface area contributed by atoms with Crippen LogP contribution in [-0.2, 0) is 16.6 Å². The monoisotopic (exact) mass is 424 g/mol. The van der Waals surface area contributed by atoms with E-state index in [2.05, 4.69) is 20.6 Å². The summed E-state index contributed by atoms with van der Waals surface area (Å²) in [6.45, 7) is 1.80. The first-order chi connectivity index (χ1) is 14.4. The number of rotatable bonds is 6. The molecular formula is C21H20N4O4S. The van der Waals surface area contributed by atoms with Crippen molar-refractivity contribution in [1.82, 2.24) is 20.6 Å². The lowest BCUT2D eigenvalue weighted by Crippen LogP contribution is -2.42. The van der Waals surface area contributed by atoms with Crippen molar-refractivity contribution >= 4 is 21.8 Å². The Hall–Kier alpha value is -3.56. The summed E-state index contributed by atoms with van der Waals surface area (Å²) in [6, 6.07) is 16.3. The van der Waals surface area contributed by atoms with Gasteiger partial charge in [0.25, 0.3) is 11.8 Å². The average molecular weight is 424 g/mol. The van der Waals surface area contributed by atoms with E-state index in [0.29, 0.717) is 11.1 Å². The molecule has 0 radical (unpaired) electrons. The molecule has 3 rings (SSSR count). The van der Waals surface area contributed by atoms with Gasteiger partial charge in [0.1, 0.15) is 0 Å². The van der Waals surface area contributed by atoms with E-state index in [9.17, 15) is 18.0 Å². The Bertz CT molecular complexity index is 1150. The number of carbonyl (C=O) groups excluding carboxylic acids is 2. The maximum Gasteiger partial charge on any atom is 0.270 e. The van der Waals surface area contributed by atoms with Crippen LogP contribution < -0.4 is 15.6 Å². The Kier molecular flexibility index (Phi) is 6.55. The zero-order chi connectivity index (χ0) is 21.6. The van der Waals surface area contributed by atoms with E-state index in [4.69, 9.17) is 0 Å². The van der Waals surface area contributed by atoms with Crippen LogP contribution in [0.15, 0.2) is 78.0 Å². The summed E-state index contributed by atoms with van der Waals surface area (Å²) < 4.78 is 27.8. The summed E-state index contributed by atoms with van der Waals surface area (Å²) in [5, 5.41) is 0. The van der Waals surface area contributed by atoms with Crippen LogP contribution in [0.4, 0.5) is 0 Å². The van der Waals surface area contributed by atoms with E-state index < -0.39 is 21.8 Å². The standard InChI is InChI=1S/C21H20N4O4S/c1-15-7-8-18(30(28,29)23-14-16-5-3-2-4-6-16)13-19(15)21(27)25-24-20(26)17-9-11-22-12-10-17/h2-13,23H,14H2,1H3,(H,24,26)(H,25,27). The van der Waals surface area contributed by atoms with Gasteiger partial charge in [0, 0.05) is 30.1 Å². The number of hydrogen-bond donors (Lipinski definition) is 3. The van der Waals surface area contributed by atoms with Gasteiger partial charge in [-0.05, 0) is 42.3 Å². The van der Waals surface area contributed by atoms with Crippen LogP contribution in [0.1, 0.15) is 31.8 Å². The molecule has 3 aromatic rings. The molecule has 0 unspecified atom stereocenters. The Morgan fingerprint density at radius 1 is 0.900 bits per heavy atom. The molecule has 0 bridgehead atoms. The minimum absolute atomic E-state index is 0.0466. The van der Waals surface area contributed by atoms with Crippen LogP contribution in [-0.4, -0.2) is 25.2 Å². The van der Waals surface area contributed by atoms with E-state index in [0.717, 1.165) is 5.56 Å². The Morgan fingerprint density at radius 2 is 1.57 bits per heavy atom. The van der Waals surface area contributed by atoms with E-state index in [-0.39, 0.29) is 17.0 Å². The fraction of sp³-hybridized carbons (Fsp3) is 0.0952. The zero-order valence-electron chi connectivity index (χ0n) is 16.1. The second kappa shape index (κ2) is 9.29. The Labute approximate surface area is 174 Å². The number of hydrazine groups is 1. The van der Waals surface area contributed by atoms with Crippen molar-refractivity contribution in [3.63, 3.8) is 0 Å². The van der Waals surface area contributed by atoms with Crippen LogP contribution in [0, 0.1) is 6.92 Å². The summed E-state index contributed by atoms with van der Waals surface area (Å²) in [6.07, 6.45) is 2.91. The second-order valence-electron chi connectivity index (χ2n) is 6.43. The summed E-state index contributed by atoms with van der Waals surface area (Å²) >= 11 is 0. The first-order valence-corrected chi connectivity index (χ1v) is 10.5. The summed E-state index contributed by atoms with van der Waals surface area (Å²) in [5.41, 5.74) is 6.43. The summed E-state index contributed by atoms with van der Waals surface area (Å²) in [7, 11) is -3.83. The van der Waals surface area contributed by atoms with Crippen molar-refractivity contribution in [1.29, 1.82) is 0 Å². The van der Waals surface area contributed by atoms with Crippen LogP contribution in [0.3, 0.4) is 0 Å². The van der Waals surface area contributed by atoms with Gasteiger partial charge in [0.05, 0.1) is 4.90 Å². The predicted octanol–water partition coefficient (Wildman–Crippen LogP) is 1.94. The molecule has 8 nitrogen and oxygen atoms in total. The normalized spacial score (nSPS) is 11.0. The molecule has 0 aliphatic heterocycles. The first-order valence-electron chi connectivity index (χ1n) is 9.02. The number of aromatic nitrogens is 1. The molecule has 2 amide bonds. The maximum absolute atomic E-state index is 12.6. The molecule has 154 valence electrons. The van der Waals surface area contributed by atoms with E-state index in [1.165, 1.54) is 42.7 Å². The number of aryl methyl sites for hydroxylation is 1. The highest BCUT2D eigenvalue weighted by molar-refractivity contribution is 7.89. The van der Waals surface area contributed by atoms with Gasteiger partial charge in [-0.2, -0.15) is 0 Å². The van der Waals surface area contributed by atoms with Gasteiger partial charge < -0.3 is 0 Å². The quantitative estimate of drug-likeness (QED) is 0.523. The zero-order valence-corrected chi connectivity index (χ0v) is 16.9. The van der Waals surface area contributed by atoms with Crippen molar-refractivity contribution in [2.75, 3.05) is 0 Å². The number of carbonyl (C=O) groups is 2. The van der Waals surface area contributed by atoms with Gasteiger partial charge in [-0.3, -0.25) is 25.4 Å². The van der Waals surface area contributed by atoms with Gasteiger partial charge in [-0.15, -0.1) is 0 Å². The molecule has 0 aliphatic rings. The molecule has 0 saturated carbocycles. The largest absolute Gasteiger partial charge is 0.270 e. The summed E-state index contributed by atoms with van der Waals surface area (Å²) in [4.78, 5) is 28.3. The van der Waals surface area contributed by atoms with Gasteiger partial charge in [0.2, 0.25) is 10.0 Å². The molecule has 0 fully saturated rings. The molecule has 30 heavy (non-hydrogen) atoms. The number of sulfonamides is 1. The lowest BCUT2D eigenvalue weighted by Gasteiger charge is -2.12. The molecule has 1 aromatic heterocycles. The van der Waals surface area contributed by atoms with Crippen LogP contribution in [0.5, 0.6) is 0 Å². The number of amides is 2. The van der Waals surface area contributed by atoms with Gasteiger partial charge in [0.15, 0.2) is 0 Å². The number of benzene rings is 2. The lowest BCUT2D eigenvalue weighted by molar-refractivity contribution is 0.0846. The molecule has 0 aliphatic carbocycles. The minimum atomic E-state index is -3.83. The van der Waals surface area contributed by atoms with Crippen molar-refractivity contribution in [2.45, 2.75) is 18.4 Å². The van der Waals surface area contributed by atoms with Gasteiger partial charge in [-0.25, -0.2) is 13.1 Å². The average Bonchev–Trinajstić information content (AvgIpc) is 2.77. The summed E-state index contributed by atoms with van der Waals surface area (Å²) in [5.74, 6) is -1.15. The SMILES string of the molecule is Cc1ccc(S(=O)(=O)NCc2ccccc2)cc1C(=O)NNC(=O)c1ccncc1. The highest BCUT2D eigenvalue weighted by atomic mass is 32.2. The second-order valence-corrected chi connectivity index (χ2v) is 8.20. The van der Waals surface area contributed by atoms with Crippen molar-refractivity contribution < 1.29 is 18.0 Å². The van der Waals surface area contributed by atoms with Crippen LogP contribution >= 0.6 is 0 Å². The number of pyridine rings is 1. The molecule has 1 heterocycles. The van der Waals surface area contributed by atoms with Crippen molar-refractivity contribution in [3.05, 3.63) is 95.3 Å². The van der Waals surface area contributed by atoms with E-state index in [1.807, 2.05) is 30.3 Å². The third-order valence-electron chi connectivity index (χ3n) is 4.31. The maximum atomic E-state index is 12.6. The third kappa shape index (κ3) is 5.28. The molecule has 3 N–H and O–H groups in total. The van der Waals surface area contributed by atoms with Crippen LogP contribution in [0.25, 0.3) is 0 Å². The highest BCUT2D eigenvalue weighted by Crippen LogP contribution is 2.16. The van der Waals surface area contributed by atoms with Gasteiger partial charge >= 0.3 is 0 Å². The molecule has 0 spiro atoms. The Morgan fingerprint density at radius 3 is 2.27 bits per heavy atom.